The maximum absolute atomic E-state index is 13.2. The Bertz CT molecular complexity index is 423. The molecule has 0 unspecified atom stereocenters. The van der Waals surface area contributed by atoms with E-state index in [4.69, 9.17) is 5.11 Å². The first kappa shape index (κ1) is 12.5. The fourth-order valence-corrected chi connectivity index (χ4v) is 1.12. The average Bonchev–Trinajstić information content (AvgIpc) is 2.21. The number of benzene rings is 1. The third kappa shape index (κ3) is 2.31. The van der Waals surface area contributed by atoms with E-state index >= 15 is 0 Å². The van der Waals surface area contributed by atoms with Crippen molar-refractivity contribution >= 4 is 5.97 Å². The molecule has 4 nitrogen and oxygen atoms in total. The Morgan fingerprint density at radius 1 is 1.44 bits per heavy atom. The molecule has 2 N–H and O–H groups in total. The number of aromatic carboxylic acids is 1. The van der Waals surface area contributed by atoms with Gasteiger partial charge in [-0.15, -0.1) is 0 Å². The van der Waals surface area contributed by atoms with Crippen molar-refractivity contribution in [3.05, 3.63) is 34.6 Å². The molecule has 7 heteroatoms. The van der Waals surface area contributed by atoms with Crippen LogP contribution in [-0.2, 0) is 11.4 Å². The lowest BCUT2D eigenvalue weighted by molar-refractivity contribution is 0.0684. The van der Waals surface area contributed by atoms with Gasteiger partial charge in [-0.05, 0) is 6.07 Å². The summed E-state index contributed by atoms with van der Waals surface area (Å²) < 4.78 is 39.5. The van der Waals surface area contributed by atoms with Crippen LogP contribution in [0.15, 0.2) is 6.07 Å². The van der Waals surface area contributed by atoms with Gasteiger partial charge in [-0.2, -0.15) is 5.48 Å². The van der Waals surface area contributed by atoms with E-state index in [1.165, 1.54) is 7.11 Å². The van der Waals surface area contributed by atoms with E-state index in [9.17, 15) is 18.0 Å². The zero-order valence-corrected chi connectivity index (χ0v) is 8.18. The van der Waals surface area contributed by atoms with Crippen molar-refractivity contribution in [1.29, 1.82) is 0 Å². The van der Waals surface area contributed by atoms with Gasteiger partial charge in [0.25, 0.3) is 0 Å². The molecule has 0 heterocycles. The van der Waals surface area contributed by atoms with E-state index in [2.05, 4.69) is 10.3 Å². The van der Waals surface area contributed by atoms with Crippen LogP contribution in [0, 0.1) is 17.5 Å². The van der Waals surface area contributed by atoms with E-state index in [0.717, 1.165) is 0 Å². The van der Waals surface area contributed by atoms with E-state index < -0.39 is 29.0 Å². The molecule has 0 fully saturated rings. The van der Waals surface area contributed by atoms with Gasteiger partial charge in [-0.1, -0.05) is 0 Å². The standard InChI is InChI=1S/C9H8F3NO3/c1-16-13-3-4-2-5(10)6(9(14)15)8(12)7(4)11/h2,13H,3H2,1H3,(H,14,15). The van der Waals surface area contributed by atoms with Crippen LogP contribution < -0.4 is 5.48 Å². The van der Waals surface area contributed by atoms with Gasteiger partial charge >= 0.3 is 5.97 Å². The second kappa shape index (κ2) is 4.95. The molecule has 0 saturated carbocycles. The normalized spacial score (nSPS) is 10.5. The van der Waals surface area contributed by atoms with Crippen molar-refractivity contribution in [3.8, 4) is 0 Å². The molecule has 0 aliphatic rings. The van der Waals surface area contributed by atoms with Crippen molar-refractivity contribution in [2.45, 2.75) is 6.54 Å². The van der Waals surface area contributed by atoms with Crippen LogP contribution in [0.3, 0.4) is 0 Å². The monoisotopic (exact) mass is 235 g/mol. The maximum Gasteiger partial charge on any atom is 0.341 e. The summed E-state index contributed by atoms with van der Waals surface area (Å²) in [6, 6.07) is 0.605. The molecule has 0 atom stereocenters. The second-order valence-electron chi connectivity index (χ2n) is 2.85. The van der Waals surface area contributed by atoms with Gasteiger partial charge in [0.05, 0.1) is 7.11 Å². The molecule has 1 aromatic rings. The van der Waals surface area contributed by atoms with Gasteiger partial charge in [0, 0.05) is 12.1 Å². The summed E-state index contributed by atoms with van der Waals surface area (Å²) in [6.45, 7) is -0.282. The van der Waals surface area contributed by atoms with Crippen molar-refractivity contribution in [2.75, 3.05) is 7.11 Å². The molecule has 88 valence electrons. The fourth-order valence-electron chi connectivity index (χ4n) is 1.12. The zero-order valence-electron chi connectivity index (χ0n) is 8.18. The predicted molar refractivity (Wildman–Crippen MR) is 47.1 cm³/mol. The highest BCUT2D eigenvalue weighted by atomic mass is 19.2. The quantitative estimate of drug-likeness (QED) is 0.612. The molecule has 0 spiro atoms. The molecule has 0 aromatic heterocycles. The van der Waals surface area contributed by atoms with Gasteiger partial charge in [0.2, 0.25) is 0 Å². The van der Waals surface area contributed by atoms with E-state index in [0.29, 0.717) is 6.07 Å². The van der Waals surface area contributed by atoms with Crippen LogP contribution >= 0.6 is 0 Å². The summed E-state index contributed by atoms with van der Waals surface area (Å²) in [7, 11) is 1.25. The molecule has 0 amide bonds. The van der Waals surface area contributed by atoms with Gasteiger partial charge in [-0.3, -0.25) is 0 Å². The average molecular weight is 235 g/mol. The molecule has 0 aliphatic heterocycles. The Labute approximate surface area is 88.6 Å². The summed E-state index contributed by atoms with van der Waals surface area (Å²) in [6.07, 6.45) is 0. The number of hydroxylamine groups is 1. The Balaban J connectivity index is 3.22. The minimum Gasteiger partial charge on any atom is -0.477 e. The molecular formula is C9H8F3NO3. The van der Waals surface area contributed by atoms with Crippen LogP contribution in [0.1, 0.15) is 15.9 Å². The topological polar surface area (TPSA) is 58.6 Å². The lowest BCUT2D eigenvalue weighted by Gasteiger charge is -2.07. The molecule has 0 radical (unpaired) electrons. The number of halogens is 3. The number of hydrogen-bond acceptors (Lipinski definition) is 3. The third-order valence-corrected chi connectivity index (χ3v) is 1.85. The second-order valence-corrected chi connectivity index (χ2v) is 2.85. The summed E-state index contributed by atoms with van der Waals surface area (Å²) in [5, 5.41) is 8.45. The molecule has 0 aliphatic carbocycles. The van der Waals surface area contributed by atoms with Gasteiger partial charge in [0.15, 0.2) is 11.6 Å². The Hall–Kier alpha value is -1.60. The van der Waals surface area contributed by atoms with Gasteiger partial charge < -0.3 is 9.94 Å². The number of carboxylic acids is 1. The number of carbonyl (C=O) groups is 1. The third-order valence-electron chi connectivity index (χ3n) is 1.85. The van der Waals surface area contributed by atoms with Crippen molar-refractivity contribution in [2.24, 2.45) is 0 Å². The van der Waals surface area contributed by atoms with Crippen molar-refractivity contribution < 1.29 is 27.9 Å². The molecule has 0 bridgehead atoms. The summed E-state index contributed by atoms with van der Waals surface area (Å²) in [4.78, 5) is 14.8. The summed E-state index contributed by atoms with van der Waals surface area (Å²) in [5.41, 5.74) is 0.522. The Morgan fingerprint density at radius 3 is 2.56 bits per heavy atom. The lowest BCUT2D eigenvalue weighted by atomic mass is 10.1. The highest BCUT2D eigenvalue weighted by Gasteiger charge is 2.23. The fraction of sp³-hybridized carbons (Fsp3) is 0.222. The van der Waals surface area contributed by atoms with E-state index in [1.54, 1.807) is 0 Å². The smallest absolute Gasteiger partial charge is 0.341 e. The Morgan fingerprint density at radius 2 is 2.06 bits per heavy atom. The zero-order chi connectivity index (χ0) is 12.3. The van der Waals surface area contributed by atoms with Crippen LogP contribution in [0.5, 0.6) is 0 Å². The van der Waals surface area contributed by atoms with Crippen LogP contribution in [0.4, 0.5) is 13.2 Å². The minimum atomic E-state index is -1.86. The van der Waals surface area contributed by atoms with Crippen LogP contribution in [0.2, 0.25) is 0 Å². The number of hydrogen-bond donors (Lipinski definition) is 2. The number of rotatable bonds is 4. The maximum atomic E-state index is 13.2. The van der Waals surface area contributed by atoms with Crippen molar-refractivity contribution in [1.82, 2.24) is 5.48 Å². The number of nitrogens with one attached hydrogen (secondary N) is 1. The summed E-state index contributed by atoms with van der Waals surface area (Å²) in [5.74, 6) is -6.33. The van der Waals surface area contributed by atoms with Crippen LogP contribution in [0.25, 0.3) is 0 Å². The van der Waals surface area contributed by atoms with Crippen LogP contribution in [-0.4, -0.2) is 18.2 Å². The first-order valence-corrected chi connectivity index (χ1v) is 4.14. The minimum absolute atomic E-state index is 0.282. The highest BCUT2D eigenvalue weighted by Crippen LogP contribution is 2.20. The Kier molecular flexibility index (Phi) is 3.86. The first-order chi connectivity index (χ1) is 7.49. The van der Waals surface area contributed by atoms with Crippen molar-refractivity contribution in [3.63, 3.8) is 0 Å². The van der Waals surface area contributed by atoms with Gasteiger partial charge in [0.1, 0.15) is 11.4 Å². The molecule has 0 saturated heterocycles. The SMILES string of the molecule is CONCc1cc(F)c(C(=O)O)c(F)c1F. The van der Waals surface area contributed by atoms with E-state index in [1.807, 2.05) is 0 Å². The number of carboxylic acid groups (broad SMARTS) is 1. The highest BCUT2D eigenvalue weighted by molar-refractivity contribution is 5.88. The molecule has 1 rings (SSSR count). The predicted octanol–water partition coefficient (Wildman–Crippen LogP) is 1.45. The van der Waals surface area contributed by atoms with E-state index in [-0.39, 0.29) is 12.1 Å². The molecule has 1 aromatic carbocycles. The lowest BCUT2D eigenvalue weighted by Crippen LogP contribution is -2.15. The molecular weight excluding hydrogens is 227 g/mol. The van der Waals surface area contributed by atoms with Gasteiger partial charge in [-0.25, -0.2) is 18.0 Å². The molecule has 16 heavy (non-hydrogen) atoms. The summed E-state index contributed by atoms with van der Waals surface area (Å²) >= 11 is 0. The first-order valence-electron chi connectivity index (χ1n) is 4.14. The largest absolute Gasteiger partial charge is 0.477 e.